The summed E-state index contributed by atoms with van der Waals surface area (Å²) in [6.45, 7) is 2.59. The third-order valence-corrected chi connectivity index (χ3v) is 5.96. The Balaban J connectivity index is 1.44. The number of amides is 1. The normalized spacial score (nSPS) is 14.5. The van der Waals surface area contributed by atoms with Gasteiger partial charge in [-0.1, -0.05) is 18.2 Å². The van der Waals surface area contributed by atoms with Gasteiger partial charge in [-0.05, 0) is 31.3 Å². The molecule has 3 N–H and O–H groups in total. The second-order valence-corrected chi connectivity index (χ2v) is 8.24. The number of primary amides is 1. The second kappa shape index (κ2) is 8.71. The van der Waals surface area contributed by atoms with Gasteiger partial charge < -0.3 is 25.4 Å². The van der Waals surface area contributed by atoms with Gasteiger partial charge in [0.2, 0.25) is 5.95 Å². The predicted molar refractivity (Wildman–Crippen MR) is 127 cm³/mol. The molecule has 2 aromatic carbocycles. The van der Waals surface area contributed by atoms with Crippen molar-refractivity contribution >= 4 is 34.1 Å². The first-order chi connectivity index (χ1) is 16.4. The van der Waals surface area contributed by atoms with Crippen LogP contribution in [0.3, 0.4) is 0 Å². The van der Waals surface area contributed by atoms with Gasteiger partial charge >= 0.3 is 0 Å². The highest BCUT2D eigenvalue weighted by molar-refractivity contribution is 6.06. The fourth-order valence-corrected chi connectivity index (χ4v) is 4.21. The van der Waals surface area contributed by atoms with E-state index in [1.165, 1.54) is 18.3 Å². The Labute approximate surface area is 194 Å². The molecule has 3 heterocycles. The van der Waals surface area contributed by atoms with Gasteiger partial charge in [0, 0.05) is 49.6 Å². The number of hydrogen-bond donors (Lipinski definition) is 2. The number of fused-ring (bicyclic) bond motifs is 1. The van der Waals surface area contributed by atoms with E-state index >= 15 is 0 Å². The van der Waals surface area contributed by atoms with Crippen LogP contribution in [0, 0.1) is 11.6 Å². The molecule has 10 heteroatoms. The SMILES string of the molecule is CN1CCN(c2c(F)cc(Nc3nccc(-n4cc(C(N)=O)c5ccccc54)n3)cc2F)CC1. The maximum absolute atomic E-state index is 14.9. The van der Waals surface area contributed by atoms with Gasteiger partial charge in [0.1, 0.15) is 11.5 Å². The van der Waals surface area contributed by atoms with E-state index < -0.39 is 17.5 Å². The third-order valence-electron chi connectivity index (χ3n) is 5.96. The lowest BCUT2D eigenvalue weighted by Gasteiger charge is -2.34. The molecule has 4 aromatic rings. The fourth-order valence-electron chi connectivity index (χ4n) is 4.21. The van der Waals surface area contributed by atoms with Crippen molar-refractivity contribution in [2.24, 2.45) is 5.73 Å². The van der Waals surface area contributed by atoms with E-state index in [2.05, 4.69) is 20.2 Å². The average molecular weight is 463 g/mol. The molecule has 2 aromatic heterocycles. The van der Waals surface area contributed by atoms with E-state index in [0.717, 1.165) is 18.6 Å². The molecule has 5 rings (SSSR count). The van der Waals surface area contributed by atoms with E-state index in [-0.39, 0.29) is 17.3 Å². The first kappa shape index (κ1) is 21.8. The largest absolute Gasteiger partial charge is 0.366 e. The highest BCUT2D eigenvalue weighted by atomic mass is 19.1. The number of anilines is 3. The maximum atomic E-state index is 14.9. The van der Waals surface area contributed by atoms with Gasteiger partial charge in [-0.25, -0.2) is 13.8 Å². The summed E-state index contributed by atoms with van der Waals surface area (Å²) in [4.78, 5) is 24.4. The summed E-state index contributed by atoms with van der Waals surface area (Å²) < 4.78 is 31.5. The Hall–Kier alpha value is -4.05. The molecular weight excluding hydrogens is 440 g/mol. The lowest BCUT2D eigenvalue weighted by atomic mass is 10.2. The van der Waals surface area contributed by atoms with Crippen molar-refractivity contribution in [1.82, 2.24) is 19.4 Å². The molecule has 0 bridgehead atoms. The second-order valence-electron chi connectivity index (χ2n) is 8.24. The zero-order valence-electron chi connectivity index (χ0n) is 18.5. The smallest absolute Gasteiger partial charge is 0.250 e. The van der Waals surface area contributed by atoms with Crippen molar-refractivity contribution in [2.75, 3.05) is 43.4 Å². The number of hydrogen-bond acceptors (Lipinski definition) is 6. The van der Waals surface area contributed by atoms with Crippen molar-refractivity contribution in [3.8, 4) is 5.82 Å². The van der Waals surface area contributed by atoms with Crippen LogP contribution >= 0.6 is 0 Å². The minimum Gasteiger partial charge on any atom is -0.366 e. The monoisotopic (exact) mass is 463 g/mol. The van der Waals surface area contributed by atoms with E-state index in [1.54, 1.807) is 27.8 Å². The van der Waals surface area contributed by atoms with E-state index in [1.807, 2.05) is 25.2 Å². The van der Waals surface area contributed by atoms with E-state index in [4.69, 9.17) is 5.73 Å². The van der Waals surface area contributed by atoms with Gasteiger partial charge in [0.05, 0.1) is 11.1 Å². The van der Waals surface area contributed by atoms with E-state index in [9.17, 15) is 13.6 Å². The molecule has 1 aliphatic heterocycles. The fraction of sp³-hybridized carbons (Fsp3) is 0.208. The minimum atomic E-state index is -0.647. The molecule has 8 nitrogen and oxygen atoms in total. The number of piperazine rings is 1. The molecule has 34 heavy (non-hydrogen) atoms. The number of halogens is 2. The van der Waals surface area contributed by atoms with Crippen molar-refractivity contribution in [3.05, 3.63) is 72.1 Å². The van der Waals surface area contributed by atoms with Crippen LogP contribution in [0.25, 0.3) is 16.7 Å². The summed E-state index contributed by atoms with van der Waals surface area (Å²) in [7, 11) is 1.98. The van der Waals surface area contributed by atoms with Crippen LogP contribution in [0.2, 0.25) is 0 Å². The summed E-state index contributed by atoms with van der Waals surface area (Å²) in [6, 6.07) is 11.5. The van der Waals surface area contributed by atoms with Gasteiger partial charge in [-0.3, -0.25) is 4.79 Å². The van der Waals surface area contributed by atoms with Gasteiger partial charge in [-0.15, -0.1) is 0 Å². The highest BCUT2D eigenvalue weighted by Gasteiger charge is 2.22. The first-order valence-electron chi connectivity index (χ1n) is 10.8. The molecule has 0 atom stereocenters. The van der Waals surface area contributed by atoms with Crippen molar-refractivity contribution in [3.63, 3.8) is 0 Å². The summed E-state index contributed by atoms with van der Waals surface area (Å²) >= 11 is 0. The van der Waals surface area contributed by atoms with Crippen LogP contribution in [-0.2, 0) is 0 Å². The number of benzene rings is 2. The van der Waals surface area contributed by atoms with Gasteiger partial charge in [-0.2, -0.15) is 4.98 Å². The predicted octanol–water partition coefficient (Wildman–Crippen LogP) is 3.29. The zero-order chi connectivity index (χ0) is 23.8. The van der Waals surface area contributed by atoms with Gasteiger partial charge in [0.25, 0.3) is 5.91 Å². The molecule has 0 aliphatic carbocycles. The van der Waals surface area contributed by atoms with Crippen LogP contribution < -0.4 is 16.0 Å². The Bertz CT molecular complexity index is 1360. The molecule has 0 spiro atoms. The summed E-state index contributed by atoms with van der Waals surface area (Å²) in [5.41, 5.74) is 6.82. The summed E-state index contributed by atoms with van der Waals surface area (Å²) in [6.07, 6.45) is 3.14. The molecule has 1 aliphatic rings. The Morgan fingerprint density at radius 3 is 2.47 bits per heavy atom. The maximum Gasteiger partial charge on any atom is 0.250 e. The quantitative estimate of drug-likeness (QED) is 0.472. The number of nitrogens with one attached hydrogen (secondary N) is 1. The number of carbonyl (C=O) groups is 1. The number of rotatable bonds is 5. The number of likely N-dealkylation sites (N-methyl/N-ethyl adjacent to an activating group) is 1. The highest BCUT2D eigenvalue weighted by Crippen LogP contribution is 2.29. The third kappa shape index (κ3) is 4.03. The average Bonchev–Trinajstić information content (AvgIpc) is 3.20. The molecule has 0 saturated carbocycles. The van der Waals surface area contributed by atoms with E-state index in [0.29, 0.717) is 29.9 Å². The van der Waals surface area contributed by atoms with Gasteiger partial charge in [0.15, 0.2) is 11.6 Å². The molecule has 1 amide bonds. The lowest BCUT2D eigenvalue weighted by molar-refractivity contribution is 0.100. The topological polar surface area (TPSA) is 92.3 Å². The lowest BCUT2D eigenvalue weighted by Crippen LogP contribution is -2.45. The Morgan fingerprint density at radius 1 is 1.06 bits per heavy atom. The van der Waals surface area contributed by atoms with Crippen LogP contribution in [0.4, 0.5) is 26.1 Å². The van der Waals surface area contributed by atoms with Crippen molar-refractivity contribution in [2.45, 2.75) is 0 Å². The number of nitrogens with two attached hydrogens (primary N) is 1. The number of nitrogens with zero attached hydrogens (tertiary/aromatic N) is 5. The van der Waals surface area contributed by atoms with Crippen LogP contribution in [-0.4, -0.2) is 58.6 Å². The molecular formula is C24H23F2N7O. The zero-order valence-corrected chi connectivity index (χ0v) is 18.5. The van der Waals surface area contributed by atoms with Crippen molar-refractivity contribution < 1.29 is 13.6 Å². The van der Waals surface area contributed by atoms with Crippen molar-refractivity contribution in [1.29, 1.82) is 0 Å². The summed E-state index contributed by atoms with van der Waals surface area (Å²) in [5, 5.41) is 3.58. The number of carbonyl (C=O) groups excluding carboxylic acids is 1. The van der Waals surface area contributed by atoms with Crippen LogP contribution in [0.5, 0.6) is 0 Å². The molecule has 1 fully saturated rings. The Kier molecular flexibility index (Phi) is 5.58. The minimum absolute atomic E-state index is 0.0221. The Morgan fingerprint density at radius 2 is 1.76 bits per heavy atom. The first-order valence-corrected chi connectivity index (χ1v) is 10.8. The van der Waals surface area contributed by atoms with Crippen LogP contribution in [0.1, 0.15) is 10.4 Å². The summed E-state index contributed by atoms with van der Waals surface area (Å²) in [5.74, 6) is -1.22. The molecule has 0 unspecified atom stereocenters. The number of aromatic nitrogens is 3. The molecule has 1 saturated heterocycles. The van der Waals surface area contributed by atoms with Crippen LogP contribution in [0.15, 0.2) is 54.9 Å². The standard InChI is InChI=1S/C24H23F2N7O/c1-31-8-10-32(11-9-31)22-18(25)12-15(13-19(22)26)29-24-28-7-6-21(30-24)33-14-17(23(27)34)16-4-2-3-5-20(16)33/h2-7,12-14H,8-11H2,1H3,(H2,27,34)(H,28,29,30). The molecule has 174 valence electrons. The number of para-hydroxylation sites is 1. The molecule has 0 radical (unpaired) electrons.